The van der Waals surface area contributed by atoms with Crippen molar-refractivity contribution in [2.45, 2.75) is 12.8 Å². The lowest BCUT2D eigenvalue weighted by molar-refractivity contribution is -0.137. The van der Waals surface area contributed by atoms with Crippen molar-refractivity contribution in [2.24, 2.45) is 0 Å². The molecule has 0 aliphatic carbocycles. The summed E-state index contributed by atoms with van der Waals surface area (Å²) in [4.78, 5) is 16.1. The molecule has 1 saturated heterocycles. The van der Waals surface area contributed by atoms with E-state index in [0.29, 0.717) is 38.5 Å². The Bertz CT molecular complexity index is 1030. The second kappa shape index (κ2) is 8.71. The van der Waals surface area contributed by atoms with Gasteiger partial charge in [-0.15, -0.1) is 0 Å². The summed E-state index contributed by atoms with van der Waals surface area (Å²) in [5, 5.41) is 3.78. The number of anilines is 1. The molecule has 0 saturated carbocycles. The van der Waals surface area contributed by atoms with E-state index in [9.17, 15) is 18.0 Å². The van der Waals surface area contributed by atoms with E-state index in [-0.39, 0.29) is 17.5 Å². The van der Waals surface area contributed by atoms with E-state index in [0.717, 1.165) is 17.7 Å². The molecule has 3 aromatic rings. The molecule has 0 spiro atoms. The Labute approximate surface area is 176 Å². The monoisotopic (exact) mass is 431 g/mol. The number of benzene rings is 2. The highest BCUT2D eigenvalue weighted by Gasteiger charge is 2.31. The van der Waals surface area contributed by atoms with Crippen molar-refractivity contribution < 1.29 is 27.2 Å². The minimum atomic E-state index is -4.39. The van der Waals surface area contributed by atoms with Crippen LogP contribution in [0.25, 0.3) is 0 Å². The predicted octanol–water partition coefficient (Wildman–Crippen LogP) is 4.23. The standard InChI is InChI=1S/C22H20F3N3O3/c23-22(24,25)17-7-4-8-18(13-17)27-9-11-28(12-10-27)21(29)19-14-20(26-31-19)30-15-16-5-2-1-3-6-16/h1-8,13-14H,9-12,15H2. The van der Waals surface area contributed by atoms with Crippen LogP contribution in [0.2, 0.25) is 0 Å². The maximum absolute atomic E-state index is 12.9. The first-order valence-electron chi connectivity index (χ1n) is 9.75. The summed E-state index contributed by atoms with van der Waals surface area (Å²) < 4.78 is 49.5. The first kappa shape index (κ1) is 20.8. The molecule has 1 fully saturated rings. The Hall–Kier alpha value is -3.49. The Morgan fingerprint density at radius 2 is 1.74 bits per heavy atom. The van der Waals surface area contributed by atoms with Gasteiger partial charge < -0.3 is 19.1 Å². The van der Waals surface area contributed by atoms with Gasteiger partial charge in [0.15, 0.2) is 0 Å². The molecular formula is C22H20F3N3O3. The quantitative estimate of drug-likeness (QED) is 0.605. The average Bonchev–Trinajstić information content (AvgIpc) is 3.27. The van der Waals surface area contributed by atoms with Gasteiger partial charge in [-0.3, -0.25) is 4.79 Å². The first-order chi connectivity index (χ1) is 14.9. The van der Waals surface area contributed by atoms with E-state index in [4.69, 9.17) is 9.26 Å². The van der Waals surface area contributed by atoms with E-state index in [1.807, 2.05) is 35.2 Å². The fourth-order valence-electron chi connectivity index (χ4n) is 3.36. The van der Waals surface area contributed by atoms with Gasteiger partial charge in [0.2, 0.25) is 5.76 Å². The van der Waals surface area contributed by atoms with Crippen molar-refractivity contribution in [3.8, 4) is 5.88 Å². The number of ether oxygens (including phenoxy) is 1. The normalized spacial score (nSPS) is 14.5. The van der Waals surface area contributed by atoms with Crippen molar-refractivity contribution in [1.82, 2.24) is 10.1 Å². The van der Waals surface area contributed by atoms with Crippen LogP contribution in [-0.2, 0) is 12.8 Å². The number of amides is 1. The zero-order valence-corrected chi connectivity index (χ0v) is 16.5. The Morgan fingerprint density at radius 3 is 2.45 bits per heavy atom. The molecule has 1 amide bonds. The lowest BCUT2D eigenvalue weighted by Crippen LogP contribution is -2.48. The molecule has 9 heteroatoms. The number of rotatable bonds is 5. The molecular weight excluding hydrogens is 411 g/mol. The van der Waals surface area contributed by atoms with E-state index in [1.165, 1.54) is 12.1 Å². The van der Waals surface area contributed by atoms with E-state index in [2.05, 4.69) is 5.16 Å². The molecule has 0 bridgehead atoms. The average molecular weight is 431 g/mol. The maximum atomic E-state index is 12.9. The van der Waals surface area contributed by atoms with E-state index < -0.39 is 11.7 Å². The molecule has 162 valence electrons. The molecule has 6 nitrogen and oxygen atoms in total. The highest BCUT2D eigenvalue weighted by molar-refractivity contribution is 5.91. The molecule has 0 atom stereocenters. The van der Waals surface area contributed by atoms with Gasteiger partial charge in [0.05, 0.1) is 11.6 Å². The van der Waals surface area contributed by atoms with Gasteiger partial charge in [0.1, 0.15) is 6.61 Å². The summed E-state index contributed by atoms with van der Waals surface area (Å²) in [5.74, 6) is -0.0452. The molecule has 2 heterocycles. The van der Waals surface area contributed by atoms with E-state index >= 15 is 0 Å². The number of hydrogen-bond acceptors (Lipinski definition) is 5. The topological polar surface area (TPSA) is 58.8 Å². The number of alkyl halides is 3. The van der Waals surface area contributed by atoms with Gasteiger partial charge in [0, 0.05) is 31.9 Å². The van der Waals surface area contributed by atoms with Crippen molar-refractivity contribution in [3.05, 3.63) is 77.6 Å². The third-order valence-electron chi connectivity index (χ3n) is 5.03. The Kier molecular flexibility index (Phi) is 5.83. The van der Waals surface area contributed by atoms with Gasteiger partial charge in [-0.05, 0) is 28.9 Å². The van der Waals surface area contributed by atoms with Crippen LogP contribution in [0.5, 0.6) is 5.88 Å². The van der Waals surface area contributed by atoms with Crippen LogP contribution in [0.15, 0.2) is 65.2 Å². The summed E-state index contributed by atoms with van der Waals surface area (Å²) in [5.41, 5.74) is 0.760. The van der Waals surface area contributed by atoms with Crippen LogP contribution in [0.1, 0.15) is 21.7 Å². The van der Waals surface area contributed by atoms with Crippen molar-refractivity contribution in [1.29, 1.82) is 0 Å². The minimum absolute atomic E-state index is 0.0654. The van der Waals surface area contributed by atoms with Gasteiger partial charge in [-0.1, -0.05) is 36.4 Å². The minimum Gasteiger partial charge on any atom is -0.471 e. The molecule has 2 aromatic carbocycles. The predicted molar refractivity (Wildman–Crippen MR) is 107 cm³/mol. The Morgan fingerprint density at radius 1 is 1.00 bits per heavy atom. The summed E-state index contributed by atoms with van der Waals surface area (Å²) in [7, 11) is 0. The highest BCUT2D eigenvalue weighted by Crippen LogP contribution is 2.32. The number of piperazine rings is 1. The third kappa shape index (κ3) is 4.99. The number of hydrogen-bond donors (Lipinski definition) is 0. The van der Waals surface area contributed by atoms with Crippen LogP contribution in [-0.4, -0.2) is 42.1 Å². The van der Waals surface area contributed by atoms with Crippen LogP contribution in [0.3, 0.4) is 0 Å². The molecule has 1 aromatic heterocycles. The summed E-state index contributed by atoms with van der Waals surface area (Å²) in [6, 6.07) is 16.2. The zero-order chi connectivity index (χ0) is 21.8. The van der Waals surface area contributed by atoms with Crippen molar-refractivity contribution >= 4 is 11.6 Å². The van der Waals surface area contributed by atoms with Crippen molar-refractivity contribution in [3.63, 3.8) is 0 Å². The largest absolute Gasteiger partial charge is 0.471 e. The summed E-state index contributed by atoms with van der Waals surface area (Å²) in [6.45, 7) is 1.85. The first-order valence-corrected chi connectivity index (χ1v) is 9.75. The molecule has 1 aliphatic rings. The van der Waals surface area contributed by atoms with Crippen LogP contribution < -0.4 is 9.64 Å². The summed E-state index contributed by atoms with van der Waals surface area (Å²) >= 11 is 0. The number of aromatic nitrogens is 1. The second-order valence-electron chi connectivity index (χ2n) is 7.13. The van der Waals surface area contributed by atoms with Gasteiger partial charge in [-0.2, -0.15) is 13.2 Å². The number of carbonyl (C=O) groups is 1. The fourth-order valence-corrected chi connectivity index (χ4v) is 3.36. The van der Waals surface area contributed by atoms with Gasteiger partial charge in [0.25, 0.3) is 11.8 Å². The molecule has 0 unspecified atom stereocenters. The van der Waals surface area contributed by atoms with Gasteiger partial charge >= 0.3 is 6.18 Å². The zero-order valence-electron chi connectivity index (χ0n) is 16.5. The second-order valence-corrected chi connectivity index (χ2v) is 7.13. The molecule has 4 rings (SSSR count). The maximum Gasteiger partial charge on any atom is 0.416 e. The van der Waals surface area contributed by atoms with E-state index in [1.54, 1.807) is 11.0 Å². The SMILES string of the molecule is O=C(c1cc(OCc2ccccc2)no1)N1CCN(c2cccc(C(F)(F)F)c2)CC1. The number of nitrogens with zero attached hydrogens (tertiary/aromatic N) is 3. The van der Waals surface area contributed by atoms with Crippen LogP contribution in [0.4, 0.5) is 18.9 Å². The lowest BCUT2D eigenvalue weighted by atomic mass is 10.1. The molecule has 0 radical (unpaired) electrons. The molecule has 31 heavy (non-hydrogen) atoms. The van der Waals surface area contributed by atoms with Gasteiger partial charge in [-0.25, -0.2) is 0 Å². The molecule has 1 aliphatic heterocycles. The number of halogens is 3. The lowest BCUT2D eigenvalue weighted by Gasteiger charge is -2.35. The van der Waals surface area contributed by atoms with Crippen LogP contribution in [0, 0.1) is 0 Å². The highest BCUT2D eigenvalue weighted by atomic mass is 19.4. The number of carbonyl (C=O) groups excluding carboxylic acids is 1. The smallest absolute Gasteiger partial charge is 0.416 e. The van der Waals surface area contributed by atoms with Crippen LogP contribution >= 0.6 is 0 Å². The Balaban J connectivity index is 1.33. The molecule has 0 N–H and O–H groups in total. The third-order valence-corrected chi connectivity index (χ3v) is 5.03. The van der Waals surface area contributed by atoms with Crippen molar-refractivity contribution in [2.75, 3.05) is 31.1 Å². The fraction of sp³-hybridized carbons (Fsp3) is 0.273. The summed E-state index contributed by atoms with van der Waals surface area (Å²) in [6.07, 6.45) is -4.39.